The molecule has 0 saturated carbocycles. The van der Waals surface area contributed by atoms with E-state index >= 15 is 0 Å². The lowest BCUT2D eigenvalue weighted by molar-refractivity contribution is 0.272. The maximum Gasteiger partial charge on any atom is 0.183 e. The van der Waals surface area contributed by atoms with Crippen LogP contribution in [0.5, 0.6) is 0 Å². The SMILES string of the molecule is CC(C)(CCO)S(=O)(=O)c1ccc2nccc(Nc3ccc4cn[nH]c4c3)c2c1. The molecule has 150 valence electrons. The second kappa shape index (κ2) is 7.13. The first-order chi connectivity index (χ1) is 13.8. The van der Waals surface area contributed by atoms with E-state index in [1.54, 1.807) is 44.4 Å². The Bertz CT molecular complexity index is 1300. The van der Waals surface area contributed by atoms with E-state index < -0.39 is 14.6 Å². The number of fused-ring (bicyclic) bond motifs is 2. The summed E-state index contributed by atoms with van der Waals surface area (Å²) in [6, 6.07) is 12.6. The van der Waals surface area contributed by atoms with Crippen molar-refractivity contribution < 1.29 is 13.5 Å². The number of nitrogens with zero attached hydrogens (tertiary/aromatic N) is 2. The van der Waals surface area contributed by atoms with Crippen LogP contribution < -0.4 is 5.32 Å². The number of H-pyrrole nitrogens is 1. The predicted octanol–water partition coefficient (Wildman–Crippen LogP) is 3.79. The normalized spacial score (nSPS) is 12.5. The number of aliphatic hydroxyl groups excluding tert-OH is 1. The highest BCUT2D eigenvalue weighted by atomic mass is 32.2. The minimum atomic E-state index is -3.63. The fourth-order valence-electron chi connectivity index (χ4n) is 3.29. The lowest BCUT2D eigenvalue weighted by Crippen LogP contribution is -2.33. The van der Waals surface area contributed by atoms with E-state index in [1.807, 2.05) is 24.3 Å². The summed E-state index contributed by atoms with van der Waals surface area (Å²) in [5, 5.41) is 21.3. The summed E-state index contributed by atoms with van der Waals surface area (Å²) >= 11 is 0. The van der Waals surface area contributed by atoms with E-state index in [4.69, 9.17) is 0 Å². The van der Waals surface area contributed by atoms with Crippen molar-refractivity contribution in [2.24, 2.45) is 0 Å². The zero-order chi connectivity index (χ0) is 20.6. The third kappa shape index (κ3) is 3.45. The molecule has 0 bridgehead atoms. The maximum absolute atomic E-state index is 13.1. The molecule has 4 rings (SSSR count). The Kier molecular flexibility index (Phi) is 4.76. The zero-order valence-electron chi connectivity index (χ0n) is 16.2. The Morgan fingerprint density at radius 1 is 1.14 bits per heavy atom. The van der Waals surface area contributed by atoms with Crippen LogP contribution in [0.4, 0.5) is 11.4 Å². The van der Waals surface area contributed by atoms with Gasteiger partial charge in [0.15, 0.2) is 9.84 Å². The first-order valence-corrected chi connectivity index (χ1v) is 10.7. The number of sulfone groups is 1. The highest BCUT2D eigenvalue weighted by molar-refractivity contribution is 7.92. The number of hydrogen-bond donors (Lipinski definition) is 3. The van der Waals surface area contributed by atoms with Gasteiger partial charge in [0.1, 0.15) is 0 Å². The average Bonchev–Trinajstić information content (AvgIpc) is 3.15. The van der Waals surface area contributed by atoms with Crippen molar-refractivity contribution in [3.8, 4) is 0 Å². The van der Waals surface area contributed by atoms with Crippen LogP contribution >= 0.6 is 0 Å². The Hall–Kier alpha value is -2.97. The second-order valence-electron chi connectivity index (χ2n) is 7.57. The molecule has 0 radical (unpaired) electrons. The van der Waals surface area contributed by atoms with Gasteiger partial charge in [-0.1, -0.05) is 0 Å². The van der Waals surface area contributed by atoms with Crippen LogP contribution in [0.3, 0.4) is 0 Å². The molecule has 29 heavy (non-hydrogen) atoms. The molecular formula is C21H22N4O3S. The third-order valence-electron chi connectivity index (χ3n) is 5.19. The Morgan fingerprint density at radius 2 is 1.97 bits per heavy atom. The van der Waals surface area contributed by atoms with Crippen LogP contribution in [0.2, 0.25) is 0 Å². The van der Waals surface area contributed by atoms with Crippen molar-refractivity contribution in [1.29, 1.82) is 0 Å². The van der Waals surface area contributed by atoms with Gasteiger partial charge in [-0.2, -0.15) is 5.10 Å². The van der Waals surface area contributed by atoms with Gasteiger partial charge in [0.05, 0.1) is 26.9 Å². The molecule has 0 aliphatic rings. The number of anilines is 2. The molecule has 2 aromatic carbocycles. The highest BCUT2D eigenvalue weighted by Crippen LogP contribution is 2.33. The molecule has 0 amide bonds. The van der Waals surface area contributed by atoms with Crippen LogP contribution in [0.15, 0.2) is 59.8 Å². The van der Waals surface area contributed by atoms with E-state index in [9.17, 15) is 13.5 Å². The number of benzene rings is 2. The van der Waals surface area contributed by atoms with Crippen molar-refractivity contribution in [3.05, 3.63) is 54.9 Å². The van der Waals surface area contributed by atoms with Crippen LogP contribution in [-0.4, -0.2) is 40.1 Å². The smallest absolute Gasteiger partial charge is 0.183 e. The monoisotopic (exact) mass is 410 g/mol. The average molecular weight is 410 g/mol. The van der Waals surface area contributed by atoms with E-state index in [0.717, 1.165) is 22.3 Å². The maximum atomic E-state index is 13.1. The van der Waals surface area contributed by atoms with Crippen molar-refractivity contribution >= 4 is 43.0 Å². The quantitative estimate of drug-likeness (QED) is 0.446. The molecule has 2 heterocycles. The summed E-state index contributed by atoms with van der Waals surface area (Å²) in [6.45, 7) is 3.07. The minimum Gasteiger partial charge on any atom is -0.396 e. The summed E-state index contributed by atoms with van der Waals surface area (Å²) in [4.78, 5) is 4.57. The number of pyridine rings is 1. The van der Waals surface area contributed by atoms with Crippen LogP contribution in [0.1, 0.15) is 20.3 Å². The van der Waals surface area contributed by atoms with Gasteiger partial charge in [-0.25, -0.2) is 8.42 Å². The molecule has 7 nitrogen and oxygen atoms in total. The lowest BCUT2D eigenvalue weighted by Gasteiger charge is -2.24. The summed E-state index contributed by atoms with van der Waals surface area (Å²) < 4.78 is 25.1. The number of nitrogens with one attached hydrogen (secondary N) is 2. The Morgan fingerprint density at radius 3 is 2.76 bits per heavy atom. The molecule has 0 aliphatic carbocycles. The zero-order valence-corrected chi connectivity index (χ0v) is 17.0. The Balaban J connectivity index is 1.78. The minimum absolute atomic E-state index is 0.162. The van der Waals surface area contributed by atoms with E-state index in [-0.39, 0.29) is 17.9 Å². The largest absolute Gasteiger partial charge is 0.396 e. The summed E-state index contributed by atoms with van der Waals surface area (Å²) in [6.07, 6.45) is 3.60. The van der Waals surface area contributed by atoms with Crippen molar-refractivity contribution in [2.75, 3.05) is 11.9 Å². The summed E-state index contributed by atoms with van der Waals surface area (Å²) in [5.74, 6) is 0. The number of aromatic nitrogens is 3. The number of hydrogen-bond acceptors (Lipinski definition) is 6. The highest BCUT2D eigenvalue weighted by Gasteiger charge is 2.35. The van der Waals surface area contributed by atoms with Gasteiger partial charge in [0, 0.05) is 35.0 Å². The van der Waals surface area contributed by atoms with Gasteiger partial charge in [0.25, 0.3) is 0 Å². The molecule has 3 N–H and O–H groups in total. The second-order valence-corrected chi connectivity index (χ2v) is 10.2. The molecule has 0 atom stereocenters. The third-order valence-corrected chi connectivity index (χ3v) is 7.72. The Labute approximate surface area is 168 Å². The van der Waals surface area contributed by atoms with Crippen LogP contribution in [0.25, 0.3) is 21.8 Å². The van der Waals surface area contributed by atoms with Gasteiger partial charge >= 0.3 is 0 Å². The van der Waals surface area contributed by atoms with E-state index in [2.05, 4.69) is 20.5 Å². The molecular weight excluding hydrogens is 388 g/mol. The van der Waals surface area contributed by atoms with Crippen molar-refractivity contribution in [3.63, 3.8) is 0 Å². The predicted molar refractivity (Wildman–Crippen MR) is 114 cm³/mol. The van der Waals surface area contributed by atoms with Crippen LogP contribution in [0, 0.1) is 0 Å². The molecule has 2 aromatic heterocycles. The topological polar surface area (TPSA) is 108 Å². The molecule has 4 aromatic rings. The van der Waals surface area contributed by atoms with Gasteiger partial charge < -0.3 is 10.4 Å². The van der Waals surface area contributed by atoms with Gasteiger partial charge in [0.2, 0.25) is 0 Å². The van der Waals surface area contributed by atoms with Crippen molar-refractivity contribution in [2.45, 2.75) is 29.9 Å². The van der Waals surface area contributed by atoms with Crippen LogP contribution in [-0.2, 0) is 9.84 Å². The van der Waals surface area contributed by atoms with Gasteiger partial charge in [-0.05, 0) is 62.7 Å². The summed E-state index contributed by atoms with van der Waals surface area (Å²) in [7, 11) is -3.63. The van der Waals surface area contributed by atoms with Gasteiger partial charge in [-0.15, -0.1) is 0 Å². The van der Waals surface area contributed by atoms with E-state index in [0.29, 0.717) is 10.9 Å². The first-order valence-electron chi connectivity index (χ1n) is 9.26. The summed E-state index contributed by atoms with van der Waals surface area (Å²) in [5.41, 5.74) is 3.20. The van der Waals surface area contributed by atoms with E-state index in [1.165, 1.54) is 0 Å². The molecule has 0 fully saturated rings. The fourth-order valence-corrected chi connectivity index (χ4v) is 4.81. The molecule has 0 unspecified atom stereocenters. The van der Waals surface area contributed by atoms with Crippen molar-refractivity contribution in [1.82, 2.24) is 15.2 Å². The fraction of sp³-hybridized carbons (Fsp3) is 0.238. The molecule has 8 heteroatoms. The first kappa shape index (κ1) is 19.4. The molecule has 0 spiro atoms. The number of aromatic amines is 1. The molecule has 0 saturated heterocycles. The molecule has 0 aliphatic heterocycles. The lowest BCUT2D eigenvalue weighted by atomic mass is 10.1. The van der Waals surface area contributed by atoms with Gasteiger partial charge in [-0.3, -0.25) is 10.1 Å². The standard InChI is InChI=1S/C21H22N4O3S/c1-21(2,8-10-26)29(27,28)16-5-6-18-17(12-16)19(7-9-22-18)24-15-4-3-14-13-23-25-20(14)11-15/h3-7,9,11-13,26H,8,10H2,1-2H3,(H,22,24)(H,23,25). The number of rotatable bonds is 6. The number of aliphatic hydroxyl groups is 1.